The van der Waals surface area contributed by atoms with E-state index < -0.39 is 20.9 Å². The molecule has 48 heavy (non-hydrogen) atoms. The average molecular weight is 713 g/mol. The molecule has 0 saturated carbocycles. The number of anilines is 2. The number of nitro groups is 1. The van der Waals surface area contributed by atoms with E-state index in [1.165, 1.54) is 28.8 Å². The number of para-hydroxylation sites is 1. The van der Waals surface area contributed by atoms with Crippen LogP contribution in [0.5, 0.6) is 0 Å². The summed E-state index contributed by atoms with van der Waals surface area (Å²) in [5.74, 6) is -0.675. The Morgan fingerprint density at radius 3 is 2.48 bits per heavy atom. The Kier molecular flexibility index (Phi) is 10.0. The first-order valence-corrected chi connectivity index (χ1v) is 18.2. The highest BCUT2D eigenvalue weighted by Crippen LogP contribution is 2.35. The van der Waals surface area contributed by atoms with E-state index in [1.54, 1.807) is 24.3 Å². The summed E-state index contributed by atoms with van der Waals surface area (Å²) < 4.78 is 28.5. The van der Waals surface area contributed by atoms with E-state index >= 15 is 0 Å². The van der Waals surface area contributed by atoms with Gasteiger partial charge in [0.25, 0.3) is 11.6 Å². The van der Waals surface area contributed by atoms with Crippen molar-refractivity contribution in [1.29, 1.82) is 0 Å². The zero-order valence-electron chi connectivity index (χ0n) is 26.3. The number of nitrogens with zero attached hydrogens (tertiary/aromatic N) is 6. The zero-order valence-corrected chi connectivity index (χ0v) is 28.6. The second-order valence-corrected chi connectivity index (χ2v) is 14.8. The number of rotatable bonds is 10. The van der Waals surface area contributed by atoms with E-state index in [9.17, 15) is 23.3 Å². The third-order valence-electron chi connectivity index (χ3n) is 8.79. The summed E-state index contributed by atoms with van der Waals surface area (Å²) >= 11 is 12.7. The Morgan fingerprint density at radius 1 is 0.979 bits per heavy atom. The summed E-state index contributed by atoms with van der Waals surface area (Å²) in [4.78, 5) is 28.8. The van der Waals surface area contributed by atoms with Crippen LogP contribution in [-0.2, 0) is 29.5 Å². The fraction of sp³-hybridized carbons (Fsp3) is 0.333. The van der Waals surface area contributed by atoms with Crippen LogP contribution in [0.2, 0.25) is 10.0 Å². The number of hydrogen-bond donors (Lipinski definition) is 1. The molecule has 2 aliphatic heterocycles. The number of amides is 1. The van der Waals surface area contributed by atoms with Crippen LogP contribution in [0.25, 0.3) is 11.3 Å². The third-order valence-corrected chi connectivity index (χ3v) is 10.6. The summed E-state index contributed by atoms with van der Waals surface area (Å²) in [6.07, 6.45) is 2.58. The number of carbonyl (C=O) groups excluding carboxylic acids is 1. The molecule has 252 valence electrons. The van der Waals surface area contributed by atoms with Crippen LogP contribution in [0.4, 0.5) is 17.1 Å². The molecule has 1 amide bonds. The van der Waals surface area contributed by atoms with Gasteiger partial charge >= 0.3 is 0 Å². The molecule has 2 aliphatic rings. The molecular weight excluding hydrogens is 677 g/mol. The summed E-state index contributed by atoms with van der Waals surface area (Å²) in [5.41, 5.74) is 4.00. The van der Waals surface area contributed by atoms with E-state index in [4.69, 9.17) is 28.3 Å². The predicted octanol–water partition coefficient (Wildman–Crippen LogP) is 5.55. The molecule has 12 nitrogen and oxygen atoms in total. The van der Waals surface area contributed by atoms with E-state index in [2.05, 4.69) is 21.2 Å². The molecular formula is C33H35Cl2N7O5S. The standard InChI is InChI=1S/C33H35Cl2N7O5S/c1-48(46,47)40-15-12-30-27(22-40)32(23-10-11-28(35)29(20-23)36-33(43)26-8-2-3-9-31(26)42(44)45)37-41(30)14-5-13-38-16-18-39(19-17-38)25-7-4-6-24(34)21-25/h2-4,6-11,20-21H,5,12-19,22H2,1H3,(H,36,43). The van der Waals surface area contributed by atoms with Gasteiger partial charge in [-0.1, -0.05) is 47.5 Å². The molecule has 3 heterocycles. The zero-order chi connectivity index (χ0) is 34.0. The average Bonchev–Trinajstić information content (AvgIpc) is 3.43. The highest BCUT2D eigenvalue weighted by molar-refractivity contribution is 7.88. The molecule has 4 aromatic rings. The molecule has 0 radical (unpaired) electrons. The minimum atomic E-state index is -3.44. The molecule has 0 bridgehead atoms. The molecule has 1 N–H and O–H groups in total. The predicted molar refractivity (Wildman–Crippen MR) is 187 cm³/mol. The number of fused-ring (bicyclic) bond motifs is 1. The summed E-state index contributed by atoms with van der Waals surface area (Å²) in [7, 11) is -3.44. The van der Waals surface area contributed by atoms with Gasteiger partial charge < -0.3 is 10.2 Å². The molecule has 1 fully saturated rings. The first-order valence-electron chi connectivity index (χ1n) is 15.6. The van der Waals surface area contributed by atoms with Crippen LogP contribution in [-0.4, -0.2) is 83.8 Å². The maximum absolute atomic E-state index is 13.1. The summed E-state index contributed by atoms with van der Waals surface area (Å²) in [6, 6.07) is 18.7. The number of nitrogens with one attached hydrogen (secondary N) is 1. The molecule has 6 rings (SSSR count). The topological polar surface area (TPSA) is 134 Å². The number of carbonyl (C=O) groups is 1. The van der Waals surface area contributed by atoms with Gasteiger partial charge in [-0.2, -0.15) is 9.40 Å². The molecule has 3 aromatic carbocycles. The largest absolute Gasteiger partial charge is 0.369 e. The lowest BCUT2D eigenvalue weighted by Gasteiger charge is -2.36. The van der Waals surface area contributed by atoms with E-state index in [0.717, 1.165) is 61.1 Å². The lowest BCUT2D eigenvalue weighted by Crippen LogP contribution is -2.46. The normalized spacial score (nSPS) is 15.7. The molecule has 0 spiro atoms. The van der Waals surface area contributed by atoms with Crippen molar-refractivity contribution in [2.75, 3.05) is 55.7 Å². The van der Waals surface area contributed by atoms with Crippen LogP contribution in [0.15, 0.2) is 66.7 Å². The Bertz CT molecular complexity index is 1960. The van der Waals surface area contributed by atoms with Crippen LogP contribution in [0.1, 0.15) is 28.0 Å². The van der Waals surface area contributed by atoms with Crippen LogP contribution >= 0.6 is 23.2 Å². The fourth-order valence-electron chi connectivity index (χ4n) is 6.30. The number of benzene rings is 3. The number of aryl methyl sites for hydroxylation is 1. The maximum atomic E-state index is 13.1. The Balaban J connectivity index is 1.20. The number of halogens is 2. The van der Waals surface area contributed by atoms with Gasteiger partial charge in [0.2, 0.25) is 10.0 Å². The van der Waals surface area contributed by atoms with Crippen molar-refractivity contribution in [3.8, 4) is 11.3 Å². The molecule has 0 atom stereocenters. The lowest BCUT2D eigenvalue weighted by molar-refractivity contribution is -0.385. The van der Waals surface area contributed by atoms with E-state index in [0.29, 0.717) is 30.8 Å². The lowest BCUT2D eigenvalue weighted by atomic mass is 10.0. The van der Waals surface area contributed by atoms with Crippen molar-refractivity contribution in [1.82, 2.24) is 19.0 Å². The van der Waals surface area contributed by atoms with Gasteiger partial charge in [-0.25, -0.2) is 8.42 Å². The second-order valence-electron chi connectivity index (χ2n) is 11.9. The van der Waals surface area contributed by atoms with Crippen molar-refractivity contribution < 1.29 is 18.1 Å². The Hall–Kier alpha value is -4.01. The first kappa shape index (κ1) is 33.9. The van der Waals surface area contributed by atoms with E-state index in [-0.39, 0.29) is 28.5 Å². The minimum Gasteiger partial charge on any atom is -0.369 e. The van der Waals surface area contributed by atoms with Crippen molar-refractivity contribution in [3.63, 3.8) is 0 Å². The number of aromatic nitrogens is 2. The number of piperazine rings is 1. The van der Waals surface area contributed by atoms with Crippen LogP contribution < -0.4 is 10.2 Å². The van der Waals surface area contributed by atoms with Crippen molar-refractivity contribution in [2.24, 2.45) is 0 Å². The fourth-order valence-corrected chi connectivity index (χ4v) is 7.43. The van der Waals surface area contributed by atoms with Crippen molar-refractivity contribution in [2.45, 2.75) is 25.9 Å². The molecule has 1 saturated heterocycles. The van der Waals surface area contributed by atoms with Crippen LogP contribution in [0, 0.1) is 10.1 Å². The minimum absolute atomic E-state index is 0.0969. The van der Waals surface area contributed by atoms with Gasteiger partial charge in [-0.15, -0.1) is 0 Å². The smallest absolute Gasteiger partial charge is 0.282 e. The van der Waals surface area contributed by atoms with Gasteiger partial charge in [-0.05, 0) is 42.8 Å². The van der Waals surface area contributed by atoms with Gasteiger partial charge in [0, 0.05) is 92.4 Å². The van der Waals surface area contributed by atoms with Gasteiger partial charge in [-0.3, -0.25) is 24.5 Å². The van der Waals surface area contributed by atoms with Crippen molar-refractivity contribution in [3.05, 3.63) is 104 Å². The highest BCUT2D eigenvalue weighted by Gasteiger charge is 2.30. The molecule has 0 unspecified atom stereocenters. The number of hydrogen-bond acceptors (Lipinski definition) is 8. The van der Waals surface area contributed by atoms with Crippen LogP contribution in [0.3, 0.4) is 0 Å². The SMILES string of the molecule is CS(=O)(=O)N1CCc2c(c(-c3ccc(Cl)c(NC(=O)c4ccccc4[N+](=O)[O-])c3)nn2CCCN2CCN(c3cccc(Cl)c3)CC2)C1. The second kappa shape index (κ2) is 14.2. The van der Waals surface area contributed by atoms with Gasteiger partial charge in [0.05, 0.1) is 27.6 Å². The van der Waals surface area contributed by atoms with Gasteiger partial charge in [0.15, 0.2) is 0 Å². The monoisotopic (exact) mass is 711 g/mol. The molecule has 1 aromatic heterocycles. The summed E-state index contributed by atoms with van der Waals surface area (Å²) in [5, 5.41) is 20.2. The Morgan fingerprint density at radius 2 is 1.75 bits per heavy atom. The quantitative estimate of drug-likeness (QED) is 0.167. The number of sulfonamides is 1. The first-order chi connectivity index (χ1) is 23.0. The van der Waals surface area contributed by atoms with E-state index in [1.807, 2.05) is 22.9 Å². The third kappa shape index (κ3) is 7.50. The maximum Gasteiger partial charge on any atom is 0.282 e. The molecule has 0 aliphatic carbocycles. The van der Waals surface area contributed by atoms with Gasteiger partial charge in [0.1, 0.15) is 5.56 Å². The molecule has 15 heteroatoms. The number of nitro benzene ring substituents is 1. The summed E-state index contributed by atoms with van der Waals surface area (Å²) in [6.45, 7) is 5.78. The van der Waals surface area contributed by atoms with Crippen molar-refractivity contribution >= 4 is 56.2 Å². The Labute approximate surface area is 289 Å². The highest BCUT2D eigenvalue weighted by atomic mass is 35.5.